The number of hydrogen-bond acceptors (Lipinski definition) is 3. The Labute approximate surface area is 181 Å². The molecule has 1 saturated carbocycles. The van der Waals surface area contributed by atoms with Crippen molar-refractivity contribution in [3.05, 3.63) is 68.7 Å². The lowest BCUT2D eigenvalue weighted by molar-refractivity contribution is 0.338. The van der Waals surface area contributed by atoms with E-state index >= 15 is 0 Å². The van der Waals surface area contributed by atoms with Crippen molar-refractivity contribution in [1.29, 1.82) is 0 Å². The van der Waals surface area contributed by atoms with Crippen molar-refractivity contribution in [1.82, 2.24) is 14.9 Å². The third-order valence-electron chi connectivity index (χ3n) is 7.59. The van der Waals surface area contributed by atoms with Gasteiger partial charge in [-0.05, 0) is 74.0 Å². The molecule has 2 aromatic carbocycles. The molecule has 2 aliphatic heterocycles. The summed E-state index contributed by atoms with van der Waals surface area (Å²) in [6.45, 7) is 2.18. The molecule has 154 valence electrons. The second-order valence-electron chi connectivity index (χ2n) is 9.15. The van der Waals surface area contributed by atoms with Crippen LogP contribution in [0.3, 0.4) is 0 Å². The number of hydrogen-bond donors (Lipinski definition) is 1. The fourth-order valence-electron chi connectivity index (χ4n) is 6.10. The molecule has 0 atom stereocenters. The monoisotopic (exact) mass is 419 g/mol. The van der Waals surface area contributed by atoms with Gasteiger partial charge < -0.3 is 5.32 Å². The Hall–Kier alpha value is -2.17. The minimum absolute atomic E-state index is 0.147. The molecule has 0 bridgehead atoms. The highest BCUT2D eigenvalue weighted by molar-refractivity contribution is 6.35. The molecule has 6 rings (SSSR count). The van der Waals surface area contributed by atoms with Crippen LogP contribution in [0.4, 0.5) is 0 Å². The molecule has 3 heterocycles. The van der Waals surface area contributed by atoms with Gasteiger partial charge in [0.15, 0.2) is 0 Å². The number of rotatable bonds is 1. The second-order valence-corrected chi connectivity index (χ2v) is 9.56. The van der Waals surface area contributed by atoms with Gasteiger partial charge in [0.1, 0.15) is 5.82 Å². The normalized spacial score (nSPS) is 20.4. The topological polar surface area (TPSA) is 46.9 Å². The highest BCUT2D eigenvalue weighted by atomic mass is 35.5. The Morgan fingerprint density at radius 3 is 2.67 bits per heavy atom. The maximum Gasteiger partial charge on any atom is 0.282 e. The molecule has 0 unspecified atom stereocenters. The van der Waals surface area contributed by atoms with E-state index in [0.717, 1.165) is 37.3 Å². The molecule has 2 fully saturated rings. The van der Waals surface area contributed by atoms with Crippen molar-refractivity contribution in [3.8, 4) is 5.69 Å². The minimum atomic E-state index is -0.196. The minimum Gasteiger partial charge on any atom is -0.317 e. The van der Waals surface area contributed by atoms with Crippen LogP contribution in [0.1, 0.15) is 67.8 Å². The van der Waals surface area contributed by atoms with Crippen LogP contribution in [0.5, 0.6) is 0 Å². The van der Waals surface area contributed by atoms with Gasteiger partial charge in [0.25, 0.3) is 5.56 Å². The van der Waals surface area contributed by atoms with Crippen molar-refractivity contribution >= 4 is 22.5 Å². The van der Waals surface area contributed by atoms with Gasteiger partial charge in [-0.1, -0.05) is 49.1 Å². The summed E-state index contributed by atoms with van der Waals surface area (Å²) in [6, 6.07) is 12.8. The van der Waals surface area contributed by atoms with Gasteiger partial charge in [-0.3, -0.25) is 9.36 Å². The van der Waals surface area contributed by atoms with Crippen LogP contribution in [0.2, 0.25) is 5.02 Å². The van der Waals surface area contributed by atoms with Gasteiger partial charge in [-0.15, -0.1) is 0 Å². The molecular formula is C25H26ClN3O. The van der Waals surface area contributed by atoms with Crippen molar-refractivity contribution in [3.63, 3.8) is 0 Å². The zero-order valence-electron chi connectivity index (χ0n) is 17.1. The number of piperidine rings is 1. The van der Waals surface area contributed by atoms with Crippen molar-refractivity contribution < 1.29 is 0 Å². The standard InChI is InChI=1S/C25H26ClN3O/c26-19-5-4-6-21-22(19)23(30)28-24-25(11-2-1-3-12-25)18-15-17(7-8-20(18)29(21)24)16-9-13-27-14-10-16/h4-8,15-16,27H,1-3,9-14H2. The van der Waals surface area contributed by atoms with Crippen LogP contribution in [-0.4, -0.2) is 22.6 Å². The van der Waals surface area contributed by atoms with E-state index in [1.165, 1.54) is 48.9 Å². The zero-order valence-corrected chi connectivity index (χ0v) is 17.8. The summed E-state index contributed by atoms with van der Waals surface area (Å²) in [5, 5.41) is 4.49. The molecule has 4 nitrogen and oxygen atoms in total. The van der Waals surface area contributed by atoms with Crippen molar-refractivity contribution in [2.45, 2.75) is 56.3 Å². The quantitative estimate of drug-likeness (QED) is 0.599. The lowest BCUT2D eigenvalue weighted by Crippen LogP contribution is -2.32. The van der Waals surface area contributed by atoms with E-state index in [1.54, 1.807) is 6.07 Å². The third kappa shape index (κ3) is 2.56. The van der Waals surface area contributed by atoms with Crippen LogP contribution in [0.15, 0.2) is 41.2 Å². The van der Waals surface area contributed by atoms with Crippen LogP contribution >= 0.6 is 11.6 Å². The van der Waals surface area contributed by atoms with E-state index < -0.39 is 0 Å². The summed E-state index contributed by atoms with van der Waals surface area (Å²) >= 11 is 6.44. The second kappa shape index (κ2) is 6.93. The third-order valence-corrected chi connectivity index (χ3v) is 7.90. The molecule has 1 spiro atoms. The number of nitrogens with one attached hydrogen (secondary N) is 1. The molecule has 0 amide bonds. The van der Waals surface area contributed by atoms with E-state index in [4.69, 9.17) is 11.6 Å². The number of fused-ring (bicyclic) bond motifs is 7. The molecule has 5 heteroatoms. The molecule has 1 aromatic heterocycles. The Balaban J connectivity index is 1.64. The predicted molar refractivity (Wildman–Crippen MR) is 121 cm³/mol. The van der Waals surface area contributed by atoms with Gasteiger partial charge in [0.05, 0.1) is 27.0 Å². The number of aromatic nitrogens is 2. The number of halogens is 1. The van der Waals surface area contributed by atoms with E-state index in [1.807, 2.05) is 12.1 Å². The van der Waals surface area contributed by atoms with Crippen molar-refractivity contribution in [2.24, 2.45) is 0 Å². The molecule has 1 saturated heterocycles. The van der Waals surface area contributed by atoms with Crippen LogP contribution in [0.25, 0.3) is 16.6 Å². The first-order valence-corrected chi connectivity index (χ1v) is 11.6. The maximum absolute atomic E-state index is 13.0. The average Bonchev–Trinajstić information content (AvgIpc) is 3.04. The van der Waals surface area contributed by atoms with Gasteiger partial charge in [-0.25, -0.2) is 0 Å². The average molecular weight is 420 g/mol. The van der Waals surface area contributed by atoms with Gasteiger partial charge >= 0.3 is 0 Å². The number of benzene rings is 2. The summed E-state index contributed by atoms with van der Waals surface area (Å²) in [5.74, 6) is 1.54. The Morgan fingerprint density at radius 1 is 1.07 bits per heavy atom. The maximum atomic E-state index is 13.0. The largest absolute Gasteiger partial charge is 0.317 e. The van der Waals surface area contributed by atoms with Crippen LogP contribution in [0, 0.1) is 0 Å². The first-order chi connectivity index (χ1) is 14.7. The molecular weight excluding hydrogens is 394 g/mol. The molecule has 0 radical (unpaired) electrons. The SMILES string of the molecule is O=c1nc2n(c3cccc(Cl)c13)-c1ccc(C3CCNCC3)cc1C21CCCCC1. The van der Waals surface area contributed by atoms with Crippen LogP contribution in [-0.2, 0) is 5.41 Å². The van der Waals surface area contributed by atoms with E-state index in [0.29, 0.717) is 16.3 Å². The number of nitrogens with zero attached hydrogens (tertiary/aromatic N) is 2. The summed E-state index contributed by atoms with van der Waals surface area (Å²) in [5.41, 5.74) is 4.54. The molecule has 30 heavy (non-hydrogen) atoms. The van der Waals surface area contributed by atoms with E-state index in [-0.39, 0.29) is 11.0 Å². The first-order valence-electron chi connectivity index (χ1n) is 11.3. The fourth-order valence-corrected chi connectivity index (χ4v) is 6.35. The first kappa shape index (κ1) is 18.6. The highest BCUT2D eigenvalue weighted by Crippen LogP contribution is 2.52. The Morgan fingerprint density at radius 2 is 1.87 bits per heavy atom. The summed E-state index contributed by atoms with van der Waals surface area (Å²) in [6.07, 6.45) is 8.12. The molecule has 3 aromatic rings. The molecule has 3 aliphatic rings. The van der Waals surface area contributed by atoms with Gasteiger partial charge in [0, 0.05) is 0 Å². The Bertz CT molecular complexity index is 1200. The smallest absolute Gasteiger partial charge is 0.282 e. The van der Waals surface area contributed by atoms with E-state index in [9.17, 15) is 4.79 Å². The van der Waals surface area contributed by atoms with Gasteiger partial charge in [-0.2, -0.15) is 4.98 Å². The fraction of sp³-hybridized carbons (Fsp3) is 0.440. The lowest BCUT2D eigenvalue weighted by atomic mass is 9.69. The zero-order chi connectivity index (χ0) is 20.3. The van der Waals surface area contributed by atoms with Crippen LogP contribution < -0.4 is 10.9 Å². The summed E-state index contributed by atoms with van der Waals surface area (Å²) in [7, 11) is 0. The highest BCUT2D eigenvalue weighted by Gasteiger charge is 2.46. The van der Waals surface area contributed by atoms with Gasteiger partial charge in [0.2, 0.25) is 0 Å². The Kier molecular flexibility index (Phi) is 4.29. The summed E-state index contributed by atoms with van der Waals surface area (Å²) in [4.78, 5) is 17.7. The lowest BCUT2D eigenvalue weighted by Gasteiger charge is -2.34. The van der Waals surface area contributed by atoms with Crippen molar-refractivity contribution in [2.75, 3.05) is 13.1 Å². The predicted octanol–water partition coefficient (Wildman–Crippen LogP) is 5.07. The summed E-state index contributed by atoms with van der Waals surface area (Å²) < 4.78 is 2.23. The molecule has 1 aliphatic carbocycles. The molecule has 1 N–H and O–H groups in total. The van der Waals surface area contributed by atoms with E-state index in [2.05, 4.69) is 33.1 Å².